The first kappa shape index (κ1) is 19.4. The van der Waals surface area contributed by atoms with Crippen molar-refractivity contribution in [2.24, 2.45) is 5.73 Å². The molecule has 1 aromatic carbocycles. The molecular weight excluding hydrogens is 356 g/mol. The normalized spacial score (nSPS) is 11.6. The van der Waals surface area contributed by atoms with Gasteiger partial charge in [-0.3, -0.25) is 4.79 Å². The van der Waals surface area contributed by atoms with Crippen molar-refractivity contribution in [2.45, 2.75) is 25.8 Å². The summed E-state index contributed by atoms with van der Waals surface area (Å²) in [6.07, 6.45) is 0.544. The van der Waals surface area contributed by atoms with Gasteiger partial charge in [0.15, 0.2) is 0 Å². The lowest BCUT2D eigenvalue weighted by Gasteiger charge is -2.14. The van der Waals surface area contributed by atoms with Gasteiger partial charge in [0.2, 0.25) is 0 Å². The molecule has 1 aromatic heterocycles. The van der Waals surface area contributed by atoms with Crippen LogP contribution in [0.4, 0.5) is 4.79 Å². The number of hydrogen-bond donors (Lipinski definition) is 4. The van der Waals surface area contributed by atoms with E-state index in [1.807, 2.05) is 30.3 Å². The number of hydrogen-bond acceptors (Lipinski definition) is 5. The van der Waals surface area contributed by atoms with E-state index < -0.39 is 23.9 Å². The summed E-state index contributed by atoms with van der Waals surface area (Å²) in [6.45, 7) is 1.96. The first-order valence-electron chi connectivity index (χ1n) is 7.98. The second kappa shape index (κ2) is 8.95. The number of nitrogens with two attached hydrogens (primary N) is 1. The molecule has 0 fully saturated rings. The summed E-state index contributed by atoms with van der Waals surface area (Å²) in [5.74, 6) is -1.61. The fourth-order valence-electron chi connectivity index (χ4n) is 2.31. The van der Waals surface area contributed by atoms with Gasteiger partial charge in [0.25, 0.3) is 5.91 Å². The van der Waals surface area contributed by atoms with Crippen LogP contribution in [0.15, 0.2) is 30.3 Å². The predicted octanol–water partition coefficient (Wildman–Crippen LogP) is 1.75. The fraction of sp³-hybridized carbons (Fsp3) is 0.294. The number of thiazole rings is 1. The Balaban J connectivity index is 2.04. The molecule has 2 rings (SSSR count). The van der Waals surface area contributed by atoms with E-state index in [0.717, 1.165) is 5.56 Å². The van der Waals surface area contributed by atoms with Crippen LogP contribution in [0.5, 0.6) is 0 Å². The van der Waals surface area contributed by atoms with Crippen molar-refractivity contribution in [2.75, 3.05) is 6.54 Å². The molecule has 1 heterocycles. The van der Waals surface area contributed by atoms with E-state index in [9.17, 15) is 19.5 Å². The first-order chi connectivity index (χ1) is 12.4. The summed E-state index contributed by atoms with van der Waals surface area (Å²) in [7, 11) is 0. The summed E-state index contributed by atoms with van der Waals surface area (Å²) in [5, 5.41) is 14.9. The second-order valence-electron chi connectivity index (χ2n) is 5.60. The minimum atomic E-state index is -1.14. The molecule has 0 saturated heterocycles. The van der Waals surface area contributed by atoms with Gasteiger partial charge in [-0.15, -0.1) is 11.3 Å². The Morgan fingerprint density at radius 1 is 1.27 bits per heavy atom. The number of nitrogens with one attached hydrogen (secondary N) is 2. The van der Waals surface area contributed by atoms with Gasteiger partial charge in [0.05, 0.1) is 5.69 Å². The third-order valence-electron chi connectivity index (χ3n) is 3.60. The molecule has 0 aliphatic rings. The maximum atomic E-state index is 12.5. The zero-order valence-corrected chi connectivity index (χ0v) is 15.0. The number of carboxylic acids is 1. The molecule has 9 heteroatoms. The molecule has 26 heavy (non-hydrogen) atoms. The Bertz CT molecular complexity index is 791. The summed E-state index contributed by atoms with van der Waals surface area (Å²) < 4.78 is 0. The molecule has 3 amide bonds. The number of carboxylic acid groups (broad SMARTS) is 1. The van der Waals surface area contributed by atoms with Crippen LogP contribution in [0.25, 0.3) is 10.6 Å². The van der Waals surface area contributed by atoms with Crippen molar-refractivity contribution in [3.63, 3.8) is 0 Å². The topological polar surface area (TPSA) is 134 Å². The van der Waals surface area contributed by atoms with E-state index in [1.165, 1.54) is 11.3 Å². The number of benzene rings is 1. The van der Waals surface area contributed by atoms with E-state index in [4.69, 9.17) is 5.73 Å². The van der Waals surface area contributed by atoms with Gasteiger partial charge >= 0.3 is 12.0 Å². The van der Waals surface area contributed by atoms with Crippen molar-refractivity contribution in [3.05, 3.63) is 40.9 Å². The zero-order valence-electron chi connectivity index (χ0n) is 14.2. The van der Waals surface area contributed by atoms with Gasteiger partial charge in [0, 0.05) is 12.1 Å². The molecule has 0 unspecified atom stereocenters. The Morgan fingerprint density at radius 2 is 1.96 bits per heavy atom. The molecule has 0 aliphatic heterocycles. The quantitative estimate of drug-likeness (QED) is 0.521. The Kier molecular flexibility index (Phi) is 6.67. The maximum Gasteiger partial charge on any atom is 0.326 e. The number of aryl methyl sites for hydroxylation is 1. The van der Waals surface area contributed by atoms with E-state index >= 15 is 0 Å². The molecule has 8 nitrogen and oxygen atoms in total. The summed E-state index contributed by atoms with van der Waals surface area (Å²) in [4.78, 5) is 39.2. The number of rotatable bonds is 8. The fourth-order valence-corrected chi connectivity index (χ4v) is 3.29. The average molecular weight is 376 g/mol. The number of primary amides is 1. The van der Waals surface area contributed by atoms with Gasteiger partial charge in [-0.1, -0.05) is 30.3 Å². The third kappa shape index (κ3) is 5.28. The number of nitrogens with zero attached hydrogens (tertiary/aromatic N) is 1. The number of amides is 3. The van der Waals surface area contributed by atoms with E-state index in [2.05, 4.69) is 15.6 Å². The number of carbonyl (C=O) groups excluding carboxylic acids is 2. The van der Waals surface area contributed by atoms with E-state index in [1.54, 1.807) is 6.92 Å². The summed E-state index contributed by atoms with van der Waals surface area (Å²) in [6, 6.07) is 7.71. The molecule has 2 aromatic rings. The Labute approximate surface area is 154 Å². The highest BCUT2D eigenvalue weighted by Crippen LogP contribution is 2.27. The lowest BCUT2D eigenvalue weighted by Crippen LogP contribution is -2.41. The van der Waals surface area contributed by atoms with Crippen molar-refractivity contribution in [1.29, 1.82) is 0 Å². The van der Waals surface area contributed by atoms with Crippen LogP contribution in [0, 0.1) is 6.92 Å². The Morgan fingerprint density at radius 3 is 2.58 bits per heavy atom. The highest BCUT2D eigenvalue weighted by molar-refractivity contribution is 7.17. The van der Waals surface area contributed by atoms with Gasteiger partial charge in [-0.05, 0) is 19.8 Å². The minimum Gasteiger partial charge on any atom is -0.480 e. The first-order valence-corrected chi connectivity index (χ1v) is 8.80. The molecule has 1 atom stereocenters. The summed E-state index contributed by atoms with van der Waals surface area (Å²) in [5.41, 5.74) is 6.39. The largest absolute Gasteiger partial charge is 0.480 e. The smallest absolute Gasteiger partial charge is 0.326 e. The molecule has 0 aliphatic carbocycles. The zero-order chi connectivity index (χ0) is 19.1. The third-order valence-corrected chi connectivity index (χ3v) is 4.80. The molecular formula is C17H20N4O4S. The molecule has 5 N–H and O–H groups in total. The molecule has 0 saturated carbocycles. The van der Waals surface area contributed by atoms with Crippen LogP contribution in [-0.4, -0.2) is 40.6 Å². The number of aliphatic carboxylic acids is 1. The maximum absolute atomic E-state index is 12.5. The van der Waals surface area contributed by atoms with Crippen molar-refractivity contribution in [3.8, 4) is 10.6 Å². The highest BCUT2D eigenvalue weighted by Gasteiger charge is 2.23. The van der Waals surface area contributed by atoms with Gasteiger partial charge in [-0.2, -0.15) is 0 Å². The van der Waals surface area contributed by atoms with Crippen LogP contribution in [0.1, 0.15) is 28.2 Å². The van der Waals surface area contributed by atoms with Gasteiger partial charge in [0.1, 0.15) is 15.9 Å². The molecule has 0 spiro atoms. The SMILES string of the molecule is Cc1nc(-c2ccccc2)sc1C(=O)N[C@H](CCCNC(N)=O)C(=O)O. The van der Waals surface area contributed by atoms with Crippen LogP contribution in [0.3, 0.4) is 0 Å². The second-order valence-corrected chi connectivity index (χ2v) is 6.60. The van der Waals surface area contributed by atoms with Crippen LogP contribution < -0.4 is 16.4 Å². The predicted molar refractivity (Wildman–Crippen MR) is 98.0 cm³/mol. The highest BCUT2D eigenvalue weighted by atomic mass is 32.1. The number of carbonyl (C=O) groups is 3. The number of aromatic nitrogens is 1. The van der Waals surface area contributed by atoms with Gasteiger partial charge < -0.3 is 21.5 Å². The average Bonchev–Trinajstić information content (AvgIpc) is 2.99. The van der Waals surface area contributed by atoms with Crippen LogP contribution in [-0.2, 0) is 4.79 Å². The monoisotopic (exact) mass is 376 g/mol. The standard InChI is InChI=1S/C17H20N4O4S/c1-10-13(26-15(20-10)11-6-3-2-4-7-11)14(22)21-12(16(23)24)8-5-9-19-17(18)25/h2-4,6-7,12H,5,8-9H2,1H3,(H,21,22)(H,23,24)(H3,18,19,25)/t12-/m1/s1. The molecule has 138 valence electrons. The molecule has 0 bridgehead atoms. The molecule has 0 radical (unpaired) electrons. The minimum absolute atomic E-state index is 0.171. The lowest BCUT2D eigenvalue weighted by atomic mass is 10.1. The van der Waals surface area contributed by atoms with Gasteiger partial charge in [-0.25, -0.2) is 14.6 Å². The summed E-state index contributed by atoms with van der Waals surface area (Å²) >= 11 is 1.22. The van der Waals surface area contributed by atoms with Crippen LogP contribution in [0.2, 0.25) is 0 Å². The van der Waals surface area contributed by atoms with Crippen molar-refractivity contribution in [1.82, 2.24) is 15.6 Å². The van der Waals surface area contributed by atoms with E-state index in [-0.39, 0.29) is 13.0 Å². The van der Waals surface area contributed by atoms with E-state index in [0.29, 0.717) is 22.0 Å². The Hall–Kier alpha value is -2.94. The van der Waals surface area contributed by atoms with Crippen LogP contribution >= 0.6 is 11.3 Å². The van der Waals surface area contributed by atoms with Crippen molar-refractivity contribution < 1.29 is 19.5 Å². The lowest BCUT2D eigenvalue weighted by molar-refractivity contribution is -0.139. The van der Waals surface area contributed by atoms with Crippen molar-refractivity contribution >= 4 is 29.2 Å². The number of urea groups is 1.